The van der Waals surface area contributed by atoms with Crippen LogP contribution in [-0.2, 0) is 7.05 Å². The Morgan fingerprint density at radius 2 is 1.76 bits per heavy atom. The summed E-state index contributed by atoms with van der Waals surface area (Å²) in [4.78, 5) is 11.6. The lowest BCUT2D eigenvalue weighted by Gasteiger charge is -2.09. The second-order valence-corrected chi connectivity index (χ2v) is 5.60. The standard InChI is InChI=1S/C20H15FN2O2/c1-13(24)19-9-10-20(23(19)2)14-3-5-16(6-4-14)25-17-7-8-18(21)15(11-17)12-22/h3-11H,1-2H3. The van der Waals surface area contributed by atoms with Crippen molar-refractivity contribution in [3.63, 3.8) is 0 Å². The molecule has 0 saturated heterocycles. The molecule has 0 N–H and O–H groups in total. The first-order chi connectivity index (χ1) is 12.0. The molecular weight excluding hydrogens is 319 g/mol. The smallest absolute Gasteiger partial charge is 0.176 e. The van der Waals surface area contributed by atoms with Crippen LogP contribution in [0.1, 0.15) is 23.0 Å². The summed E-state index contributed by atoms with van der Waals surface area (Å²) < 4.78 is 20.8. The van der Waals surface area contributed by atoms with Gasteiger partial charge in [-0.25, -0.2) is 4.39 Å². The first-order valence-electron chi connectivity index (χ1n) is 7.64. The molecule has 1 aromatic heterocycles. The van der Waals surface area contributed by atoms with Gasteiger partial charge in [0, 0.05) is 25.7 Å². The van der Waals surface area contributed by atoms with Crippen molar-refractivity contribution in [3.05, 3.63) is 71.7 Å². The molecule has 3 aromatic rings. The molecule has 0 spiro atoms. The summed E-state index contributed by atoms with van der Waals surface area (Å²) in [6.45, 7) is 1.54. The van der Waals surface area contributed by atoms with Crippen LogP contribution in [0.3, 0.4) is 0 Å². The molecular formula is C20H15FN2O2. The maximum Gasteiger partial charge on any atom is 0.176 e. The van der Waals surface area contributed by atoms with E-state index in [-0.39, 0.29) is 11.3 Å². The molecule has 5 heteroatoms. The third kappa shape index (κ3) is 3.29. The Bertz CT molecular complexity index is 982. The third-order valence-electron chi connectivity index (χ3n) is 3.93. The van der Waals surface area contributed by atoms with Crippen LogP contribution in [0.15, 0.2) is 54.6 Å². The molecule has 124 valence electrons. The van der Waals surface area contributed by atoms with E-state index >= 15 is 0 Å². The summed E-state index contributed by atoms with van der Waals surface area (Å²) >= 11 is 0. The van der Waals surface area contributed by atoms with Gasteiger partial charge in [0.25, 0.3) is 0 Å². The first kappa shape index (κ1) is 16.5. The lowest BCUT2D eigenvalue weighted by molar-refractivity contribution is 0.101. The van der Waals surface area contributed by atoms with Gasteiger partial charge in [-0.05, 0) is 54.1 Å². The summed E-state index contributed by atoms with van der Waals surface area (Å²) in [6.07, 6.45) is 0. The van der Waals surface area contributed by atoms with Crippen molar-refractivity contribution < 1.29 is 13.9 Å². The zero-order valence-corrected chi connectivity index (χ0v) is 13.8. The monoisotopic (exact) mass is 334 g/mol. The molecule has 2 aromatic carbocycles. The summed E-state index contributed by atoms with van der Waals surface area (Å²) in [7, 11) is 1.85. The van der Waals surface area contributed by atoms with Crippen LogP contribution in [0.25, 0.3) is 11.3 Å². The highest BCUT2D eigenvalue weighted by molar-refractivity contribution is 5.93. The average Bonchev–Trinajstić information content (AvgIpc) is 2.99. The number of nitriles is 1. The Labute approximate surface area is 144 Å². The van der Waals surface area contributed by atoms with Gasteiger partial charge in [0.1, 0.15) is 23.4 Å². The fourth-order valence-corrected chi connectivity index (χ4v) is 2.64. The van der Waals surface area contributed by atoms with Crippen molar-refractivity contribution in [3.8, 4) is 28.8 Å². The van der Waals surface area contributed by atoms with Gasteiger partial charge < -0.3 is 9.30 Å². The number of benzene rings is 2. The number of Topliss-reactive ketones (excluding diaryl/α,β-unsaturated/α-hetero) is 1. The second kappa shape index (κ2) is 6.62. The molecule has 1 heterocycles. The molecule has 0 bridgehead atoms. The van der Waals surface area contributed by atoms with Crippen molar-refractivity contribution in [1.82, 2.24) is 4.57 Å². The van der Waals surface area contributed by atoms with E-state index in [1.807, 2.05) is 29.8 Å². The minimum atomic E-state index is -0.574. The number of carbonyl (C=O) groups excluding carboxylic acids is 1. The highest BCUT2D eigenvalue weighted by Crippen LogP contribution is 2.27. The molecule has 3 rings (SSSR count). The second-order valence-electron chi connectivity index (χ2n) is 5.60. The highest BCUT2D eigenvalue weighted by Gasteiger charge is 2.10. The Morgan fingerprint density at radius 1 is 1.08 bits per heavy atom. The predicted octanol–water partition coefficient (Wildman–Crippen LogP) is 4.70. The van der Waals surface area contributed by atoms with Crippen molar-refractivity contribution in [1.29, 1.82) is 5.26 Å². The number of aromatic nitrogens is 1. The van der Waals surface area contributed by atoms with E-state index in [0.29, 0.717) is 17.2 Å². The number of hydrogen-bond donors (Lipinski definition) is 0. The number of carbonyl (C=O) groups is 1. The van der Waals surface area contributed by atoms with E-state index in [1.165, 1.54) is 25.1 Å². The van der Waals surface area contributed by atoms with Crippen LogP contribution in [-0.4, -0.2) is 10.4 Å². The van der Waals surface area contributed by atoms with E-state index in [4.69, 9.17) is 10.00 Å². The molecule has 0 saturated carbocycles. The molecule has 25 heavy (non-hydrogen) atoms. The molecule has 0 aliphatic rings. The largest absolute Gasteiger partial charge is 0.457 e. The normalized spacial score (nSPS) is 10.3. The van der Waals surface area contributed by atoms with Crippen molar-refractivity contribution in [2.45, 2.75) is 6.92 Å². The minimum absolute atomic E-state index is 0.0123. The molecule has 0 atom stereocenters. The fraction of sp³-hybridized carbons (Fsp3) is 0.100. The van der Waals surface area contributed by atoms with Crippen LogP contribution in [0.4, 0.5) is 4.39 Å². The molecule has 0 fully saturated rings. The fourth-order valence-electron chi connectivity index (χ4n) is 2.64. The van der Waals surface area contributed by atoms with Crippen LogP contribution in [0.5, 0.6) is 11.5 Å². The third-order valence-corrected chi connectivity index (χ3v) is 3.93. The van der Waals surface area contributed by atoms with E-state index in [2.05, 4.69) is 0 Å². The van der Waals surface area contributed by atoms with Gasteiger partial charge in [-0.3, -0.25) is 4.79 Å². The SMILES string of the molecule is CC(=O)c1ccc(-c2ccc(Oc3ccc(F)c(C#N)c3)cc2)n1C. The van der Waals surface area contributed by atoms with E-state index < -0.39 is 5.82 Å². The Balaban J connectivity index is 1.84. The maximum atomic E-state index is 13.3. The zero-order valence-electron chi connectivity index (χ0n) is 13.8. The lowest BCUT2D eigenvalue weighted by atomic mass is 10.1. The van der Waals surface area contributed by atoms with E-state index in [0.717, 1.165) is 11.3 Å². The Morgan fingerprint density at radius 3 is 2.36 bits per heavy atom. The van der Waals surface area contributed by atoms with E-state index in [9.17, 15) is 9.18 Å². The number of ketones is 1. The van der Waals surface area contributed by atoms with Crippen LogP contribution >= 0.6 is 0 Å². The van der Waals surface area contributed by atoms with E-state index in [1.54, 1.807) is 24.3 Å². The van der Waals surface area contributed by atoms with Crippen molar-refractivity contribution in [2.24, 2.45) is 7.05 Å². The molecule has 0 aliphatic heterocycles. The van der Waals surface area contributed by atoms with Gasteiger partial charge >= 0.3 is 0 Å². The number of nitrogens with zero attached hydrogens (tertiary/aromatic N) is 2. The van der Waals surface area contributed by atoms with Crippen LogP contribution in [0.2, 0.25) is 0 Å². The summed E-state index contributed by atoms with van der Waals surface area (Å²) in [5.74, 6) is 0.400. The summed E-state index contributed by atoms with van der Waals surface area (Å²) in [6, 6.07) is 16.8. The van der Waals surface area contributed by atoms with Crippen LogP contribution in [0, 0.1) is 17.1 Å². The highest BCUT2D eigenvalue weighted by atomic mass is 19.1. The van der Waals surface area contributed by atoms with Gasteiger partial charge in [-0.1, -0.05) is 0 Å². The van der Waals surface area contributed by atoms with Gasteiger partial charge in [-0.15, -0.1) is 0 Å². The minimum Gasteiger partial charge on any atom is -0.457 e. The lowest BCUT2D eigenvalue weighted by Crippen LogP contribution is -2.02. The number of ether oxygens (including phenoxy) is 1. The Hall–Kier alpha value is -3.39. The number of hydrogen-bond acceptors (Lipinski definition) is 3. The quantitative estimate of drug-likeness (QED) is 0.650. The first-order valence-corrected chi connectivity index (χ1v) is 7.64. The maximum absolute atomic E-state index is 13.3. The van der Waals surface area contributed by atoms with Crippen molar-refractivity contribution in [2.75, 3.05) is 0 Å². The molecule has 0 aliphatic carbocycles. The molecule has 0 radical (unpaired) electrons. The Kier molecular flexibility index (Phi) is 4.36. The summed E-state index contributed by atoms with van der Waals surface area (Å²) in [5, 5.41) is 8.87. The molecule has 0 unspecified atom stereocenters. The molecule has 4 nitrogen and oxygen atoms in total. The average molecular weight is 334 g/mol. The number of halogens is 1. The topological polar surface area (TPSA) is 55.0 Å². The van der Waals surface area contributed by atoms with Gasteiger partial charge in [0.2, 0.25) is 0 Å². The van der Waals surface area contributed by atoms with Gasteiger partial charge in [-0.2, -0.15) is 5.26 Å². The predicted molar refractivity (Wildman–Crippen MR) is 92.0 cm³/mol. The number of rotatable bonds is 4. The van der Waals surface area contributed by atoms with Gasteiger partial charge in [0.05, 0.1) is 11.3 Å². The summed E-state index contributed by atoms with van der Waals surface area (Å²) in [5.41, 5.74) is 2.45. The van der Waals surface area contributed by atoms with Crippen LogP contribution < -0.4 is 4.74 Å². The van der Waals surface area contributed by atoms with Crippen molar-refractivity contribution >= 4 is 5.78 Å². The van der Waals surface area contributed by atoms with Gasteiger partial charge in [0.15, 0.2) is 5.78 Å². The zero-order chi connectivity index (χ0) is 18.0. The molecule has 0 amide bonds.